The van der Waals surface area contributed by atoms with Crippen LogP contribution in [0, 0.1) is 5.92 Å². The van der Waals surface area contributed by atoms with Crippen LogP contribution in [-0.4, -0.2) is 61.0 Å². The summed E-state index contributed by atoms with van der Waals surface area (Å²) in [6.07, 6.45) is 4.22. The van der Waals surface area contributed by atoms with Gasteiger partial charge in [-0.3, -0.25) is 0 Å². The molecule has 0 aliphatic carbocycles. The zero-order valence-corrected chi connectivity index (χ0v) is 10.5. The van der Waals surface area contributed by atoms with Gasteiger partial charge in [-0.1, -0.05) is 0 Å². The molecule has 1 unspecified atom stereocenters. The zero-order chi connectivity index (χ0) is 11.7. The van der Waals surface area contributed by atoms with Crippen molar-refractivity contribution in [2.24, 2.45) is 5.92 Å². The minimum atomic E-state index is -0.524. The highest BCUT2D eigenvalue weighted by Gasteiger charge is 2.36. The van der Waals surface area contributed by atoms with Crippen molar-refractivity contribution in [3.05, 3.63) is 0 Å². The van der Waals surface area contributed by atoms with Crippen LogP contribution in [0.4, 0.5) is 0 Å². The Morgan fingerprint density at radius 2 is 1.94 bits per heavy atom. The molecule has 4 heterocycles. The molecule has 0 aromatic heterocycles. The van der Waals surface area contributed by atoms with Gasteiger partial charge in [-0.25, -0.2) is 0 Å². The smallest absolute Gasteiger partial charge is 0.0815 e. The van der Waals surface area contributed by atoms with E-state index < -0.39 is 5.60 Å². The maximum Gasteiger partial charge on any atom is 0.0815 e. The molecule has 4 aliphatic rings. The van der Waals surface area contributed by atoms with Gasteiger partial charge in [-0.05, 0) is 31.8 Å². The number of piperidine rings is 3. The summed E-state index contributed by atoms with van der Waals surface area (Å²) in [5.74, 6) is 0.837. The lowest BCUT2D eigenvalue weighted by Crippen LogP contribution is -2.58. The van der Waals surface area contributed by atoms with Crippen molar-refractivity contribution < 1.29 is 9.84 Å². The Labute approximate surface area is 103 Å². The second kappa shape index (κ2) is 4.84. The molecule has 4 fully saturated rings. The molecular formula is C13H24N2O2. The average Bonchev–Trinajstić information content (AvgIpc) is 2.39. The fourth-order valence-corrected chi connectivity index (χ4v) is 3.45. The maximum absolute atomic E-state index is 10.4. The fraction of sp³-hybridized carbons (Fsp3) is 1.00. The van der Waals surface area contributed by atoms with Crippen LogP contribution < -0.4 is 5.32 Å². The Morgan fingerprint density at radius 3 is 2.53 bits per heavy atom. The van der Waals surface area contributed by atoms with Crippen molar-refractivity contribution in [1.29, 1.82) is 0 Å². The SMILES string of the molecule is OC1(CNC2CN3CCC2CC3)CCOCC1. The van der Waals surface area contributed by atoms with Gasteiger partial charge in [0.1, 0.15) is 0 Å². The molecule has 0 aromatic carbocycles. The molecule has 4 saturated heterocycles. The number of hydrogen-bond acceptors (Lipinski definition) is 4. The van der Waals surface area contributed by atoms with Gasteiger partial charge in [-0.2, -0.15) is 0 Å². The number of aliphatic hydroxyl groups is 1. The molecule has 2 bridgehead atoms. The standard InChI is InChI=1S/C13H24N2O2/c16-13(3-7-17-8-4-13)10-14-12-9-15-5-1-11(12)2-6-15/h11-12,14,16H,1-10H2. The van der Waals surface area contributed by atoms with Crippen molar-refractivity contribution in [2.45, 2.75) is 37.3 Å². The van der Waals surface area contributed by atoms with Crippen molar-refractivity contribution in [1.82, 2.24) is 10.2 Å². The molecule has 0 aromatic rings. The van der Waals surface area contributed by atoms with Crippen LogP contribution in [0.2, 0.25) is 0 Å². The Hall–Kier alpha value is -0.160. The van der Waals surface area contributed by atoms with Gasteiger partial charge in [-0.15, -0.1) is 0 Å². The Bertz CT molecular complexity index is 258. The van der Waals surface area contributed by atoms with E-state index in [1.165, 1.54) is 32.5 Å². The summed E-state index contributed by atoms with van der Waals surface area (Å²) in [7, 11) is 0. The van der Waals surface area contributed by atoms with Gasteiger partial charge < -0.3 is 20.1 Å². The lowest BCUT2D eigenvalue weighted by molar-refractivity contribution is -0.0662. The van der Waals surface area contributed by atoms with Gasteiger partial charge in [0, 0.05) is 45.2 Å². The van der Waals surface area contributed by atoms with E-state index >= 15 is 0 Å². The summed E-state index contributed by atoms with van der Waals surface area (Å²) in [4.78, 5) is 2.55. The molecule has 4 rings (SSSR count). The van der Waals surface area contributed by atoms with Gasteiger partial charge in [0.25, 0.3) is 0 Å². The summed E-state index contributed by atoms with van der Waals surface area (Å²) < 4.78 is 5.31. The average molecular weight is 240 g/mol. The van der Waals surface area contributed by atoms with Gasteiger partial charge in [0.05, 0.1) is 5.60 Å². The van der Waals surface area contributed by atoms with Gasteiger partial charge >= 0.3 is 0 Å². The summed E-state index contributed by atoms with van der Waals surface area (Å²) in [5.41, 5.74) is -0.524. The van der Waals surface area contributed by atoms with E-state index in [0.717, 1.165) is 25.3 Å². The van der Waals surface area contributed by atoms with Crippen LogP contribution in [0.3, 0.4) is 0 Å². The van der Waals surface area contributed by atoms with Crippen LogP contribution in [0.5, 0.6) is 0 Å². The molecule has 17 heavy (non-hydrogen) atoms. The van der Waals surface area contributed by atoms with E-state index in [1.54, 1.807) is 0 Å². The minimum absolute atomic E-state index is 0.524. The molecule has 0 radical (unpaired) electrons. The van der Waals surface area contributed by atoms with Crippen molar-refractivity contribution in [3.8, 4) is 0 Å². The second-order valence-corrected chi connectivity index (χ2v) is 5.96. The van der Waals surface area contributed by atoms with E-state index in [2.05, 4.69) is 10.2 Å². The maximum atomic E-state index is 10.4. The lowest BCUT2D eigenvalue weighted by Gasteiger charge is -2.46. The fourth-order valence-electron chi connectivity index (χ4n) is 3.45. The first-order valence-electron chi connectivity index (χ1n) is 7.01. The van der Waals surface area contributed by atoms with Crippen LogP contribution in [-0.2, 0) is 4.74 Å². The Balaban J connectivity index is 1.50. The number of rotatable bonds is 3. The van der Waals surface area contributed by atoms with Gasteiger partial charge in [0.2, 0.25) is 0 Å². The quantitative estimate of drug-likeness (QED) is 0.740. The predicted molar refractivity (Wildman–Crippen MR) is 66.0 cm³/mol. The normalized spacial score (nSPS) is 40.4. The molecule has 0 spiro atoms. The first-order chi connectivity index (χ1) is 8.25. The highest BCUT2D eigenvalue weighted by molar-refractivity contribution is 4.93. The lowest BCUT2D eigenvalue weighted by atomic mass is 9.83. The third-order valence-corrected chi connectivity index (χ3v) is 4.77. The molecule has 4 nitrogen and oxygen atoms in total. The second-order valence-electron chi connectivity index (χ2n) is 5.96. The number of hydrogen-bond donors (Lipinski definition) is 2. The van der Waals surface area contributed by atoms with Crippen LogP contribution in [0.1, 0.15) is 25.7 Å². The molecule has 0 saturated carbocycles. The van der Waals surface area contributed by atoms with Crippen molar-refractivity contribution in [2.75, 3.05) is 39.4 Å². The van der Waals surface area contributed by atoms with E-state index in [9.17, 15) is 5.11 Å². The van der Waals surface area contributed by atoms with E-state index in [1.807, 2.05) is 0 Å². The van der Waals surface area contributed by atoms with Crippen LogP contribution in [0.15, 0.2) is 0 Å². The Kier molecular flexibility index (Phi) is 3.39. The molecule has 2 N–H and O–H groups in total. The third-order valence-electron chi connectivity index (χ3n) is 4.77. The summed E-state index contributed by atoms with van der Waals surface area (Å²) in [6.45, 7) is 5.89. The minimum Gasteiger partial charge on any atom is -0.388 e. The number of ether oxygens (including phenoxy) is 1. The van der Waals surface area contributed by atoms with Crippen LogP contribution >= 0.6 is 0 Å². The van der Waals surface area contributed by atoms with Crippen molar-refractivity contribution >= 4 is 0 Å². The highest BCUT2D eigenvalue weighted by atomic mass is 16.5. The molecule has 4 aliphatic heterocycles. The molecule has 0 amide bonds. The number of nitrogens with zero attached hydrogens (tertiary/aromatic N) is 1. The molecular weight excluding hydrogens is 216 g/mol. The first kappa shape index (κ1) is 11.9. The summed E-state index contributed by atoms with van der Waals surface area (Å²) >= 11 is 0. The summed E-state index contributed by atoms with van der Waals surface area (Å²) in [5, 5.41) is 14.0. The monoisotopic (exact) mass is 240 g/mol. The van der Waals surface area contributed by atoms with E-state index in [-0.39, 0.29) is 0 Å². The topological polar surface area (TPSA) is 44.7 Å². The highest BCUT2D eigenvalue weighted by Crippen LogP contribution is 2.28. The van der Waals surface area contributed by atoms with Crippen LogP contribution in [0.25, 0.3) is 0 Å². The van der Waals surface area contributed by atoms with E-state index in [0.29, 0.717) is 19.3 Å². The largest absolute Gasteiger partial charge is 0.388 e. The third kappa shape index (κ3) is 2.65. The zero-order valence-electron chi connectivity index (χ0n) is 10.5. The van der Waals surface area contributed by atoms with Gasteiger partial charge in [0.15, 0.2) is 0 Å². The Morgan fingerprint density at radius 1 is 1.24 bits per heavy atom. The number of nitrogens with one attached hydrogen (secondary N) is 1. The molecule has 98 valence electrons. The van der Waals surface area contributed by atoms with Crippen molar-refractivity contribution in [3.63, 3.8) is 0 Å². The molecule has 1 atom stereocenters. The molecule has 4 heteroatoms. The van der Waals surface area contributed by atoms with E-state index in [4.69, 9.17) is 4.74 Å². The predicted octanol–water partition coefficient (Wildman–Crippen LogP) is 0.212. The first-order valence-corrected chi connectivity index (χ1v) is 7.01. The number of fused-ring (bicyclic) bond motifs is 3. The summed E-state index contributed by atoms with van der Waals surface area (Å²) in [6, 6.07) is 0.601.